The maximum absolute atomic E-state index is 11.7. The Labute approximate surface area is 59.1 Å². The lowest BCUT2D eigenvalue weighted by Gasteiger charge is -2.10. The summed E-state index contributed by atoms with van der Waals surface area (Å²) in [7, 11) is 0. The fraction of sp³-hybridized carbons (Fsp3) is 0.500. The molecule has 0 aliphatic rings. The van der Waals surface area contributed by atoms with E-state index in [1.165, 1.54) is 0 Å². The quantitative estimate of drug-likeness (QED) is 0.636. The molecule has 0 aromatic carbocycles. The molecular weight excluding hydrogens is 163 g/mol. The van der Waals surface area contributed by atoms with Crippen molar-refractivity contribution < 1.29 is 18.3 Å². The zero-order chi connectivity index (χ0) is 8.48. The van der Waals surface area contributed by atoms with E-state index in [0.29, 0.717) is 0 Å². The van der Waals surface area contributed by atoms with Crippen LogP contribution >= 0.6 is 0 Å². The van der Waals surface area contributed by atoms with Crippen LogP contribution in [0.2, 0.25) is 0 Å². The number of nitrogens with one attached hydrogen (secondary N) is 1. The van der Waals surface area contributed by atoms with E-state index in [2.05, 4.69) is 10.1 Å². The van der Waals surface area contributed by atoms with Crippen molar-refractivity contribution in [2.24, 2.45) is 0 Å². The molecule has 11 heavy (non-hydrogen) atoms. The molecule has 0 radical (unpaired) electrons. The minimum atomic E-state index is -4.69. The van der Waals surface area contributed by atoms with E-state index in [1.54, 1.807) is 0 Å². The molecule has 1 atom stereocenters. The van der Waals surface area contributed by atoms with Crippen LogP contribution in [0.3, 0.4) is 0 Å². The van der Waals surface area contributed by atoms with Crippen molar-refractivity contribution in [1.82, 2.24) is 15.2 Å². The van der Waals surface area contributed by atoms with Gasteiger partial charge in [-0.1, -0.05) is 0 Å². The standard InChI is InChI=1S/C4H4F3N3O/c5-4(6,7)2(11)3-8-1-9-10-3/h1-2,11H,(H,8,9,10). The first-order chi connectivity index (χ1) is 5.02. The number of aromatic nitrogens is 3. The van der Waals surface area contributed by atoms with E-state index in [0.717, 1.165) is 6.33 Å². The topological polar surface area (TPSA) is 61.8 Å². The maximum Gasteiger partial charge on any atom is 0.421 e. The zero-order valence-corrected chi connectivity index (χ0v) is 5.13. The Morgan fingerprint density at radius 3 is 2.55 bits per heavy atom. The van der Waals surface area contributed by atoms with Gasteiger partial charge < -0.3 is 5.11 Å². The third kappa shape index (κ3) is 1.67. The lowest BCUT2D eigenvalue weighted by Crippen LogP contribution is -2.21. The van der Waals surface area contributed by atoms with Crippen molar-refractivity contribution in [3.05, 3.63) is 12.2 Å². The van der Waals surface area contributed by atoms with Gasteiger partial charge in [0.2, 0.25) is 6.10 Å². The van der Waals surface area contributed by atoms with Gasteiger partial charge in [0.05, 0.1) is 0 Å². The van der Waals surface area contributed by atoms with Crippen LogP contribution in [0.4, 0.5) is 13.2 Å². The van der Waals surface area contributed by atoms with Gasteiger partial charge in [0.1, 0.15) is 6.33 Å². The van der Waals surface area contributed by atoms with Gasteiger partial charge in [-0.25, -0.2) is 4.98 Å². The van der Waals surface area contributed by atoms with Crippen molar-refractivity contribution in [3.8, 4) is 0 Å². The Hall–Kier alpha value is -1.11. The largest absolute Gasteiger partial charge is 0.421 e. The molecule has 2 N–H and O–H groups in total. The van der Waals surface area contributed by atoms with Crippen LogP contribution in [-0.2, 0) is 0 Å². The van der Waals surface area contributed by atoms with E-state index in [1.807, 2.05) is 5.10 Å². The number of aliphatic hydroxyl groups is 1. The first kappa shape index (κ1) is 7.99. The van der Waals surface area contributed by atoms with Gasteiger partial charge in [0.15, 0.2) is 5.82 Å². The number of halogens is 3. The highest BCUT2D eigenvalue weighted by molar-refractivity contribution is 4.89. The molecule has 62 valence electrons. The van der Waals surface area contributed by atoms with Crippen molar-refractivity contribution in [2.75, 3.05) is 0 Å². The van der Waals surface area contributed by atoms with Gasteiger partial charge in [-0.15, -0.1) is 0 Å². The highest BCUT2D eigenvalue weighted by atomic mass is 19.4. The molecule has 1 aromatic rings. The smallest absolute Gasteiger partial charge is 0.377 e. The third-order valence-corrected chi connectivity index (χ3v) is 1.00. The number of H-pyrrole nitrogens is 1. The lowest BCUT2D eigenvalue weighted by atomic mass is 10.3. The van der Waals surface area contributed by atoms with E-state index >= 15 is 0 Å². The SMILES string of the molecule is OC(c1ncn[nH]1)C(F)(F)F. The monoisotopic (exact) mass is 167 g/mol. The molecule has 0 aliphatic heterocycles. The second-order valence-corrected chi connectivity index (χ2v) is 1.81. The van der Waals surface area contributed by atoms with Gasteiger partial charge >= 0.3 is 6.18 Å². The van der Waals surface area contributed by atoms with E-state index < -0.39 is 18.1 Å². The number of aliphatic hydroxyl groups excluding tert-OH is 1. The van der Waals surface area contributed by atoms with Crippen molar-refractivity contribution >= 4 is 0 Å². The molecule has 0 bridgehead atoms. The van der Waals surface area contributed by atoms with Crippen LogP contribution in [0, 0.1) is 0 Å². The summed E-state index contributed by atoms with van der Waals surface area (Å²) >= 11 is 0. The van der Waals surface area contributed by atoms with Crippen LogP contribution in [0.5, 0.6) is 0 Å². The molecule has 4 nitrogen and oxygen atoms in total. The Balaban J connectivity index is 2.78. The number of hydrogen-bond donors (Lipinski definition) is 2. The fourth-order valence-corrected chi connectivity index (χ4v) is 0.502. The van der Waals surface area contributed by atoms with Crippen LogP contribution in [-0.4, -0.2) is 26.5 Å². The Kier molecular flexibility index (Phi) is 1.81. The van der Waals surface area contributed by atoms with Crippen molar-refractivity contribution in [1.29, 1.82) is 0 Å². The van der Waals surface area contributed by atoms with Crippen LogP contribution in [0.15, 0.2) is 6.33 Å². The summed E-state index contributed by atoms with van der Waals surface area (Å²) < 4.78 is 35.0. The predicted molar refractivity (Wildman–Crippen MR) is 27.4 cm³/mol. The zero-order valence-electron chi connectivity index (χ0n) is 5.13. The average Bonchev–Trinajstić information content (AvgIpc) is 2.34. The highest BCUT2D eigenvalue weighted by Gasteiger charge is 2.41. The van der Waals surface area contributed by atoms with Gasteiger partial charge in [-0.3, -0.25) is 5.10 Å². The van der Waals surface area contributed by atoms with Crippen LogP contribution in [0.25, 0.3) is 0 Å². The molecule has 0 saturated carbocycles. The first-order valence-electron chi connectivity index (χ1n) is 2.62. The molecule has 1 heterocycles. The molecule has 0 spiro atoms. The van der Waals surface area contributed by atoms with Crippen molar-refractivity contribution in [2.45, 2.75) is 12.3 Å². The molecule has 0 amide bonds. The normalized spacial score (nSPS) is 14.9. The fourth-order valence-electron chi connectivity index (χ4n) is 0.502. The summed E-state index contributed by atoms with van der Waals surface area (Å²) in [5.74, 6) is -0.600. The van der Waals surface area contributed by atoms with E-state index in [9.17, 15) is 13.2 Å². The Morgan fingerprint density at radius 1 is 1.55 bits per heavy atom. The summed E-state index contributed by atoms with van der Waals surface area (Å²) in [4.78, 5) is 3.15. The molecule has 1 unspecified atom stereocenters. The third-order valence-electron chi connectivity index (χ3n) is 1.00. The summed E-state index contributed by atoms with van der Waals surface area (Å²) in [6, 6.07) is 0. The number of hydrogen-bond acceptors (Lipinski definition) is 3. The second kappa shape index (κ2) is 2.50. The van der Waals surface area contributed by atoms with Gasteiger partial charge in [-0.2, -0.15) is 18.3 Å². The number of aromatic amines is 1. The van der Waals surface area contributed by atoms with Gasteiger partial charge in [-0.05, 0) is 0 Å². The Bertz CT molecular complexity index is 219. The average molecular weight is 167 g/mol. The molecule has 7 heteroatoms. The first-order valence-corrected chi connectivity index (χ1v) is 2.62. The predicted octanol–water partition coefficient (Wildman–Crippen LogP) is 0.400. The summed E-state index contributed by atoms with van der Waals surface area (Å²) in [5, 5.41) is 13.6. The number of alkyl halides is 3. The summed E-state index contributed by atoms with van der Waals surface area (Å²) in [6.45, 7) is 0. The molecule has 0 aliphatic carbocycles. The number of nitrogens with zero attached hydrogens (tertiary/aromatic N) is 2. The second-order valence-electron chi connectivity index (χ2n) is 1.81. The van der Waals surface area contributed by atoms with Gasteiger partial charge in [0, 0.05) is 0 Å². The number of rotatable bonds is 1. The van der Waals surface area contributed by atoms with E-state index in [-0.39, 0.29) is 0 Å². The maximum atomic E-state index is 11.7. The molecule has 0 fully saturated rings. The molecular formula is C4H4F3N3O. The van der Waals surface area contributed by atoms with E-state index in [4.69, 9.17) is 5.11 Å². The van der Waals surface area contributed by atoms with Crippen molar-refractivity contribution in [3.63, 3.8) is 0 Å². The molecule has 1 aromatic heterocycles. The Morgan fingerprint density at radius 2 is 2.18 bits per heavy atom. The minimum absolute atomic E-state index is 0.600. The lowest BCUT2D eigenvalue weighted by molar-refractivity contribution is -0.209. The highest BCUT2D eigenvalue weighted by Crippen LogP contribution is 2.29. The summed E-state index contributed by atoms with van der Waals surface area (Å²) in [6.07, 6.45) is -6.38. The molecule has 0 saturated heterocycles. The van der Waals surface area contributed by atoms with Gasteiger partial charge in [0.25, 0.3) is 0 Å². The summed E-state index contributed by atoms with van der Waals surface area (Å²) in [5.41, 5.74) is 0. The minimum Gasteiger partial charge on any atom is -0.377 e. The molecule has 1 rings (SSSR count). The van der Waals surface area contributed by atoms with Crippen LogP contribution < -0.4 is 0 Å². The van der Waals surface area contributed by atoms with Crippen LogP contribution in [0.1, 0.15) is 11.9 Å².